The number of hydrogen-bond donors (Lipinski definition) is 1. The van der Waals surface area contributed by atoms with E-state index in [9.17, 15) is 9.59 Å². The number of carbonyl (C=O) groups excluding carboxylic acids is 2. The summed E-state index contributed by atoms with van der Waals surface area (Å²) in [4.78, 5) is 24.2. The van der Waals surface area contributed by atoms with E-state index in [0.717, 1.165) is 11.3 Å². The Labute approximate surface area is 126 Å². The molecule has 2 aromatic carbocycles. The van der Waals surface area contributed by atoms with E-state index >= 15 is 0 Å². The van der Waals surface area contributed by atoms with E-state index < -0.39 is 0 Å². The minimum Gasteiger partial charge on any atom is -0.295 e. The summed E-state index contributed by atoms with van der Waals surface area (Å²) in [5, 5.41) is 2.07. The van der Waals surface area contributed by atoms with Gasteiger partial charge in [-0.05, 0) is 34.7 Å². The molecule has 2 aromatic rings. The lowest BCUT2D eigenvalue weighted by atomic mass is 10.1. The van der Waals surface area contributed by atoms with E-state index in [4.69, 9.17) is 0 Å². The van der Waals surface area contributed by atoms with E-state index in [1.807, 2.05) is 12.1 Å². The molecule has 1 fully saturated rings. The second kappa shape index (κ2) is 4.74. The number of imide groups is 1. The topological polar surface area (TPSA) is 46.2 Å². The molecule has 1 saturated heterocycles. The average molecular weight is 295 g/mol. The standard InChI is InChI=1S/C17H13NO2S/c19-16-9-15(17(20)18-16)21-14-7-3-6-12-11-5-2-1-4-10(11)8-13(12)14/h1-7,15H,8-9H2,(H,18,19,20). The van der Waals surface area contributed by atoms with Crippen LogP contribution in [0.2, 0.25) is 0 Å². The van der Waals surface area contributed by atoms with E-state index in [1.54, 1.807) is 0 Å². The lowest BCUT2D eigenvalue weighted by Gasteiger charge is -2.10. The number of carbonyl (C=O) groups is 2. The zero-order valence-electron chi connectivity index (χ0n) is 11.3. The average Bonchev–Trinajstić information content (AvgIpc) is 3.00. The van der Waals surface area contributed by atoms with Crippen molar-refractivity contribution in [3.8, 4) is 11.1 Å². The van der Waals surface area contributed by atoms with Crippen LogP contribution < -0.4 is 5.32 Å². The third kappa shape index (κ3) is 2.07. The first-order chi connectivity index (χ1) is 10.2. The molecule has 104 valence electrons. The SMILES string of the molecule is O=C1CC(Sc2cccc3c2Cc2ccccc2-3)C(=O)N1. The number of thioether (sulfide) groups is 1. The van der Waals surface area contributed by atoms with Crippen LogP contribution in [0, 0.1) is 0 Å². The molecule has 4 rings (SSSR count). The van der Waals surface area contributed by atoms with Crippen molar-refractivity contribution >= 4 is 23.6 Å². The molecule has 4 heteroatoms. The molecule has 0 bridgehead atoms. The van der Waals surface area contributed by atoms with Gasteiger partial charge in [0.1, 0.15) is 0 Å². The van der Waals surface area contributed by atoms with Crippen LogP contribution in [0.5, 0.6) is 0 Å². The van der Waals surface area contributed by atoms with Crippen LogP contribution in [-0.2, 0) is 16.0 Å². The summed E-state index contributed by atoms with van der Waals surface area (Å²) in [5.41, 5.74) is 5.13. The van der Waals surface area contributed by atoms with Gasteiger partial charge in [0.2, 0.25) is 11.8 Å². The fourth-order valence-electron chi connectivity index (χ4n) is 3.02. The van der Waals surface area contributed by atoms with Gasteiger partial charge in [0.25, 0.3) is 0 Å². The highest BCUT2D eigenvalue weighted by Crippen LogP contribution is 2.42. The maximum atomic E-state index is 11.8. The monoisotopic (exact) mass is 295 g/mol. The van der Waals surface area contributed by atoms with Crippen molar-refractivity contribution in [2.75, 3.05) is 0 Å². The highest BCUT2D eigenvalue weighted by Gasteiger charge is 2.32. The van der Waals surface area contributed by atoms with Crippen LogP contribution in [0.4, 0.5) is 0 Å². The summed E-state index contributed by atoms with van der Waals surface area (Å²) < 4.78 is 0. The van der Waals surface area contributed by atoms with Gasteiger partial charge < -0.3 is 0 Å². The van der Waals surface area contributed by atoms with Crippen molar-refractivity contribution in [3.05, 3.63) is 53.6 Å². The van der Waals surface area contributed by atoms with E-state index in [1.165, 1.54) is 34.0 Å². The van der Waals surface area contributed by atoms with Crippen LogP contribution in [0.3, 0.4) is 0 Å². The Kier molecular flexibility index (Phi) is 2.86. The summed E-state index contributed by atoms with van der Waals surface area (Å²) in [7, 11) is 0. The maximum Gasteiger partial charge on any atom is 0.240 e. The Bertz CT molecular complexity index is 769. The number of amides is 2. The van der Waals surface area contributed by atoms with Crippen molar-refractivity contribution in [1.29, 1.82) is 0 Å². The molecular formula is C17H13NO2S. The van der Waals surface area contributed by atoms with Gasteiger partial charge in [-0.15, -0.1) is 11.8 Å². The fraction of sp³-hybridized carbons (Fsp3) is 0.176. The smallest absolute Gasteiger partial charge is 0.240 e. The molecule has 2 aliphatic rings. The van der Waals surface area contributed by atoms with Gasteiger partial charge in [-0.25, -0.2) is 0 Å². The molecule has 21 heavy (non-hydrogen) atoms. The van der Waals surface area contributed by atoms with Gasteiger partial charge in [0.15, 0.2) is 0 Å². The lowest BCUT2D eigenvalue weighted by molar-refractivity contribution is -0.124. The third-order valence-electron chi connectivity index (χ3n) is 4.00. The molecule has 1 aliphatic carbocycles. The summed E-state index contributed by atoms with van der Waals surface area (Å²) in [6, 6.07) is 14.6. The highest BCUT2D eigenvalue weighted by atomic mass is 32.2. The number of rotatable bonds is 2. The van der Waals surface area contributed by atoms with Crippen molar-refractivity contribution in [3.63, 3.8) is 0 Å². The molecule has 1 unspecified atom stereocenters. The quantitative estimate of drug-likeness (QED) is 0.739. The first-order valence-electron chi connectivity index (χ1n) is 6.93. The first kappa shape index (κ1) is 12.7. The molecule has 3 nitrogen and oxygen atoms in total. The molecular weight excluding hydrogens is 282 g/mol. The van der Waals surface area contributed by atoms with Gasteiger partial charge in [-0.2, -0.15) is 0 Å². The molecule has 2 amide bonds. The summed E-state index contributed by atoms with van der Waals surface area (Å²) in [6.45, 7) is 0. The first-order valence-corrected chi connectivity index (χ1v) is 7.81. The Morgan fingerprint density at radius 2 is 1.81 bits per heavy atom. The molecule has 1 atom stereocenters. The maximum absolute atomic E-state index is 11.8. The summed E-state index contributed by atoms with van der Waals surface area (Å²) in [5.74, 6) is -0.341. The van der Waals surface area contributed by atoms with Gasteiger partial charge in [0, 0.05) is 11.3 Å². The van der Waals surface area contributed by atoms with Crippen LogP contribution in [0.25, 0.3) is 11.1 Å². The van der Waals surface area contributed by atoms with Crippen LogP contribution in [-0.4, -0.2) is 17.1 Å². The minimum atomic E-state index is -0.298. The third-order valence-corrected chi connectivity index (χ3v) is 5.30. The van der Waals surface area contributed by atoms with Gasteiger partial charge >= 0.3 is 0 Å². The molecule has 1 heterocycles. The normalized spacial score (nSPS) is 19.3. The predicted octanol–water partition coefficient (Wildman–Crippen LogP) is 2.77. The van der Waals surface area contributed by atoms with E-state index in [2.05, 4.69) is 35.6 Å². The largest absolute Gasteiger partial charge is 0.295 e. The molecule has 0 spiro atoms. The second-order valence-corrected chi connectivity index (χ2v) is 6.58. The van der Waals surface area contributed by atoms with Crippen LogP contribution in [0.1, 0.15) is 17.5 Å². The second-order valence-electron chi connectivity index (χ2n) is 5.34. The Morgan fingerprint density at radius 1 is 1.00 bits per heavy atom. The van der Waals surface area contributed by atoms with Gasteiger partial charge in [-0.1, -0.05) is 36.4 Å². The van der Waals surface area contributed by atoms with Crippen LogP contribution >= 0.6 is 11.8 Å². The van der Waals surface area contributed by atoms with Crippen molar-refractivity contribution in [2.24, 2.45) is 0 Å². The number of fused-ring (bicyclic) bond motifs is 3. The summed E-state index contributed by atoms with van der Waals surface area (Å²) in [6.07, 6.45) is 1.18. The van der Waals surface area contributed by atoms with E-state index in [-0.39, 0.29) is 23.5 Å². The fourth-order valence-corrected chi connectivity index (χ4v) is 4.21. The van der Waals surface area contributed by atoms with Crippen LogP contribution in [0.15, 0.2) is 47.4 Å². The lowest BCUT2D eigenvalue weighted by Crippen LogP contribution is -2.23. The van der Waals surface area contributed by atoms with Gasteiger partial charge in [-0.3, -0.25) is 14.9 Å². The minimum absolute atomic E-state index is 0.168. The Balaban J connectivity index is 1.70. The number of hydrogen-bond acceptors (Lipinski definition) is 3. The molecule has 0 radical (unpaired) electrons. The summed E-state index contributed by atoms with van der Waals surface area (Å²) >= 11 is 1.51. The van der Waals surface area contributed by atoms with Crippen molar-refractivity contribution in [1.82, 2.24) is 5.32 Å². The predicted molar refractivity (Wildman–Crippen MR) is 82.1 cm³/mol. The zero-order valence-corrected chi connectivity index (χ0v) is 12.1. The number of benzene rings is 2. The Hall–Kier alpha value is -2.07. The zero-order chi connectivity index (χ0) is 14.4. The van der Waals surface area contributed by atoms with Crippen molar-refractivity contribution in [2.45, 2.75) is 23.0 Å². The molecule has 1 N–H and O–H groups in total. The number of nitrogens with one attached hydrogen (secondary N) is 1. The Morgan fingerprint density at radius 3 is 2.62 bits per heavy atom. The van der Waals surface area contributed by atoms with E-state index in [0.29, 0.717) is 0 Å². The molecule has 0 saturated carbocycles. The van der Waals surface area contributed by atoms with Gasteiger partial charge in [0.05, 0.1) is 5.25 Å². The molecule has 0 aromatic heterocycles. The highest BCUT2D eigenvalue weighted by molar-refractivity contribution is 8.00. The van der Waals surface area contributed by atoms with Crippen molar-refractivity contribution < 1.29 is 9.59 Å². The molecule has 1 aliphatic heterocycles.